The van der Waals surface area contributed by atoms with Crippen molar-refractivity contribution < 1.29 is 9.53 Å². The maximum absolute atomic E-state index is 10.3. The molecule has 0 saturated heterocycles. The zero-order valence-electron chi connectivity index (χ0n) is 6.94. The van der Waals surface area contributed by atoms with Crippen molar-refractivity contribution in [1.29, 1.82) is 0 Å². The third-order valence-corrected chi connectivity index (χ3v) is 2.10. The first kappa shape index (κ1) is 11.2. The molecule has 0 saturated carbocycles. The molecule has 0 fully saturated rings. The minimum Gasteiger partial charge on any atom is -0.466 e. The van der Waals surface area contributed by atoms with Gasteiger partial charge in [-0.2, -0.15) is 0 Å². The van der Waals surface area contributed by atoms with Crippen LogP contribution in [0.4, 0.5) is 0 Å². The lowest BCUT2D eigenvalue weighted by Crippen LogP contribution is -2.00. The summed E-state index contributed by atoms with van der Waals surface area (Å²) in [5.74, 6) is -0.168. The molecule has 0 aromatic rings. The number of carbonyl (C=O) groups is 1. The van der Waals surface area contributed by atoms with E-state index in [0.29, 0.717) is 6.61 Å². The van der Waals surface area contributed by atoms with Crippen LogP contribution in [0.15, 0.2) is 0 Å². The Balaban J connectivity index is 2.85. The van der Waals surface area contributed by atoms with Crippen molar-refractivity contribution in [3.05, 3.63) is 0 Å². The molecule has 0 radical (unpaired) electrons. The Bertz CT molecular complexity index is 104. The van der Waals surface area contributed by atoms with Gasteiger partial charge >= 0.3 is 5.97 Å². The van der Waals surface area contributed by atoms with Gasteiger partial charge in [0.1, 0.15) is 0 Å². The second-order valence-electron chi connectivity index (χ2n) is 2.44. The normalized spacial score (nSPS) is 9.64. The Hall–Kier alpha value is 0.200. The summed E-state index contributed by atoms with van der Waals surface area (Å²) >= 11 is 2.37. The topological polar surface area (TPSA) is 26.3 Å². The van der Waals surface area contributed by atoms with Crippen molar-refractivity contribution in [2.45, 2.75) is 32.6 Å². The fraction of sp³-hybridized carbons (Fsp3) is 0.875. The number of unbranched alkanes of at least 4 members (excludes halogenated alkanes) is 3. The summed E-state index contributed by atoms with van der Waals surface area (Å²) in [7, 11) is 0. The van der Waals surface area contributed by atoms with Gasteiger partial charge in [-0.05, 0) is 17.3 Å². The molecule has 3 heteroatoms. The van der Waals surface area contributed by atoms with E-state index in [4.69, 9.17) is 4.74 Å². The number of rotatable bonds is 6. The summed E-state index contributed by atoms with van der Waals surface area (Å²) in [5, 5.41) is 0. The smallest absolute Gasteiger partial charge is 0.302 e. The monoisotopic (exact) mass is 270 g/mol. The molecule has 0 aromatic heterocycles. The van der Waals surface area contributed by atoms with Crippen LogP contribution in [0, 0.1) is 0 Å². The molecular weight excluding hydrogens is 255 g/mol. The summed E-state index contributed by atoms with van der Waals surface area (Å²) in [6, 6.07) is 0. The molecule has 0 N–H and O–H groups in total. The van der Waals surface area contributed by atoms with Crippen LogP contribution >= 0.6 is 22.6 Å². The first-order valence-corrected chi connectivity index (χ1v) is 5.49. The van der Waals surface area contributed by atoms with Gasteiger partial charge in [-0.1, -0.05) is 35.4 Å². The Kier molecular flexibility index (Phi) is 8.45. The molecule has 66 valence electrons. The van der Waals surface area contributed by atoms with E-state index in [9.17, 15) is 4.79 Å². The van der Waals surface area contributed by atoms with Crippen LogP contribution in [-0.4, -0.2) is 17.0 Å². The van der Waals surface area contributed by atoms with E-state index >= 15 is 0 Å². The average molecular weight is 270 g/mol. The maximum atomic E-state index is 10.3. The highest BCUT2D eigenvalue weighted by atomic mass is 127. The third kappa shape index (κ3) is 10.2. The van der Waals surface area contributed by atoms with Crippen molar-refractivity contribution in [3.8, 4) is 0 Å². The minimum absolute atomic E-state index is 0.168. The third-order valence-electron chi connectivity index (χ3n) is 1.33. The highest BCUT2D eigenvalue weighted by molar-refractivity contribution is 14.1. The van der Waals surface area contributed by atoms with Gasteiger partial charge in [0.2, 0.25) is 0 Å². The van der Waals surface area contributed by atoms with Crippen molar-refractivity contribution in [2.24, 2.45) is 0 Å². The molecule has 0 heterocycles. The molecule has 0 atom stereocenters. The Morgan fingerprint density at radius 1 is 1.27 bits per heavy atom. The fourth-order valence-electron chi connectivity index (χ4n) is 0.766. The highest BCUT2D eigenvalue weighted by Gasteiger charge is 1.92. The SMILES string of the molecule is CC(=O)OCCCCCCI. The van der Waals surface area contributed by atoms with Crippen LogP contribution in [0.25, 0.3) is 0 Å². The molecule has 0 spiro atoms. The zero-order valence-corrected chi connectivity index (χ0v) is 9.09. The lowest BCUT2D eigenvalue weighted by Gasteiger charge is -2.00. The minimum atomic E-state index is -0.168. The first-order valence-electron chi connectivity index (χ1n) is 3.96. The van der Waals surface area contributed by atoms with Crippen LogP contribution < -0.4 is 0 Å². The van der Waals surface area contributed by atoms with E-state index in [2.05, 4.69) is 22.6 Å². The van der Waals surface area contributed by atoms with Gasteiger partial charge in [-0.3, -0.25) is 4.79 Å². The summed E-state index contributed by atoms with van der Waals surface area (Å²) in [6.45, 7) is 2.04. The summed E-state index contributed by atoms with van der Waals surface area (Å²) in [6.07, 6.45) is 4.72. The van der Waals surface area contributed by atoms with Crippen LogP contribution in [0.5, 0.6) is 0 Å². The molecule has 0 aliphatic heterocycles. The second kappa shape index (κ2) is 8.30. The number of hydrogen-bond acceptors (Lipinski definition) is 2. The Morgan fingerprint density at radius 3 is 2.45 bits per heavy atom. The van der Waals surface area contributed by atoms with Crippen LogP contribution in [0.3, 0.4) is 0 Å². The Labute approximate surface area is 81.8 Å². The van der Waals surface area contributed by atoms with E-state index in [1.165, 1.54) is 30.6 Å². The first-order chi connectivity index (χ1) is 5.27. The molecule has 0 bridgehead atoms. The molecule has 0 aliphatic carbocycles. The number of alkyl halides is 1. The molecule has 2 nitrogen and oxygen atoms in total. The van der Waals surface area contributed by atoms with Crippen LogP contribution in [0.2, 0.25) is 0 Å². The molecule has 0 rings (SSSR count). The number of hydrogen-bond donors (Lipinski definition) is 0. The predicted molar refractivity (Wildman–Crippen MR) is 54.0 cm³/mol. The van der Waals surface area contributed by atoms with E-state index in [1.54, 1.807) is 0 Å². The fourth-order valence-corrected chi connectivity index (χ4v) is 1.31. The summed E-state index contributed by atoms with van der Waals surface area (Å²) in [5.41, 5.74) is 0. The van der Waals surface area contributed by atoms with Gasteiger partial charge in [0.05, 0.1) is 6.61 Å². The van der Waals surface area contributed by atoms with Gasteiger partial charge in [0.15, 0.2) is 0 Å². The van der Waals surface area contributed by atoms with Crippen molar-refractivity contribution in [3.63, 3.8) is 0 Å². The van der Waals surface area contributed by atoms with Crippen LogP contribution in [-0.2, 0) is 9.53 Å². The average Bonchev–Trinajstić information content (AvgIpc) is 1.96. The molecule has 0 aromatic carbocycles. The largest absolute Gasteiger partial charge is 0.466 e. The number of esters is 1. The van der Waals surface area contributed by atoms with E-state index < -0.39 is 0 Å². The highest BCUT2D eigenvalue weighted by Crippen LogP contribution is 2.02. The van der Waals surface area contributed by atoms with Gasteiger partial charge < -0.3 is 4.74 Å². The second-order valence-corrected chi connectivity index (χ2v) is 3.52. The Morgan fingerprint density at radius 2 is 1.91 bits per heavy atom. The quantitative estimate of drug-likeness (QED) is 0.321. The summed E-state index contributed by atoms with van der Waals surface area (Å²) in [4.78, 5) is 10.3. The lowest BCUT2D eigenvalue weighted by molar-refractivity contribution is -0.141. The van der Waals surface area contributed by atoms with E-state index in [0.717, 1.165) is 6.42 Å². The standard InChI is InChI=1S/C8H15IO2/c1-8(10)11-7-5-3-2-4-6-9/h2-7H2,1H3. The zero-order chi connectivity index (χ0) is 8.53. The molecule has 11 heavy (non-hydrogen) atoms. The molecule has 0 unspecified atom stereocenters. The van der Waals surface area contributed by atoms with E-state index in [-0.39, 0.29) is 5.97 Å². The van der Waals surface area contributed by atoms with Gasteiger partial charge in [0.25, 0.3) is 0 Å². The van der Waals surface area contributed by atoms with Crippen LogP contribution in [0.1, 0.15) is 32.6 Å². The number of halogens is 1. The van der Waals surface area contributed by atoms with Crippen molar-refractivity contribution >= 4 is 28.6 Å². The van der Waals surface area contributed by atoms with Gasteiger partial charge in [-0.15, -0.1) is 0 Å². The van der Waals surface area contributed by atoms with Crippen molar-refractivity contribution in [1.82, 2.24) is 0 Å². The van der Waals surface area contributed by atoms with Gasteiger partial charge in [-0.25, -0.2) is 0 Å². The molecule has 0 amide bonds. The van der Waals surface area contributed by atoms with Gasteiger partial charge in [0, 0.05) is 6.92 Å². The van der Waals surface area contributed by atoms with Crippen molar-refractivity contribution in [2.75, 3.05) is 11.0 Å². The lowest BCUT2D eigenvalue weighted by atomic mass is 10.2. The summed E-state index contributed by atoms with van der Waals surface area (Å²) < 4.78 is 6.01. The number of ether oxygens (including phenoxy) is 1. The number of carbonyl (C=O) groups excluding carboxylic acids is 1. The maximum Gasteiger partial charge on any atom is 0.302 e. The van der Waals surface area contributed by atoms with E-state index in [1.807, 2.05) is 0 Å². The molecular formula is C8H15IO2. The molecule has 0 aliphatic rings. The predicted octanol–water partition coefficient (Wildman–Crippen LogP) is 2.54.